The number of hydrogen-bond acceptors (Lipinski definition) is 3. The third-order valence-corrected chi connectivity index (χ3v) is 3.22. The normalized spacial score (nSPS) is 23.4. The molecule has 94 valence electrons. The monoisotopic (exact) mass is 225 g/mol. The molecule has 1 atom stereocenters. The summed E-state index contributed by atoms with van der Waals surface area (Å²) in [6.07, 6.45) is 0.239. The van der Waals surface area contributed by atoms with E-state index in [1.807, 2.05) is 5.01 Å². The van der Waals surface area contributed by atoms with Gasteiger partial charge in [-0.05, 0) is 6.92 Å². The number of hydrogen-bond donors (Lipinski definition) is 1. The van der Waals surface area contributed by atoms with Gasteiger partial charge in [0.2, 0.25) is 0 Å². The SMILES string of the molecule is CC1N(C)C(C(C)(C)C)=C(C(C)(C)C)N1N. The molecular formula is C13H27N3. The highest BCUT2D eigenvalue weighted by Crippen LogP contribution is 2.44. The van der Waals surface area contributed by atoms with Crippen molar-refractivity contribution in [3.63, 3.8) is 0 Å². The van der Waals surface area contributed by atoms with E-state index in [0.29, 0.717) is 0 Å². The van der Waals surface area contributed by atoms with Crippen LogP contribution in [-0.4, -0.2) is 23.1 Å². The van der Waals surface area contributed by atoms with E-state index in [4.69, 9.17) is 5.84 Å². The Bertz CT molecular complexity index is 274. The molecule has 0 fully saturated rings. The Kier molecular flexibility index (Phi) is 3.05. The van der Waals surface area contributed by atoms with Gasteiger partial charge < -0.3 is 4.90 Å². The van der Waals surface area contributed by atoms with Crippen LogP contribution in [0, 0.1) is 10.8 Å². The minimum atomic E-state index is 0.0797. The zero-order valence-electron chi connectivity index (χ0n) is 12.0. The Labute approximate surface area is 100 Å². The maximum absolute atomic E-state index is 6.22. The lowest BCUT2D eigenvalue weighted by Crippen LogP contribution is -2.42. The van der Waals surface area contributed by atoms with Gasteiger partial charge >= 0.3 is 0 Å². The second-order valence-corrected chi connectivity index (χ2v) is 6.85. The van der Waals surface area contributed by atoms with E-state index in [1.165, 1.54) is 11.4 Å². The third-order valence-electron chi connectivity index (χ3n) is 3.22. The van der Waals surface area contributed by atoms with Crippen molar-refractivity contribution in [2.45, 2.75) is 54.6 Å². The smallest absolute Gasteiger partial charge is 0.113 e. The molecule has 1 heterocycles. The van der Waals surface area contributed by atoms with Gasteiger partial charge in [0.15, 0.2) is 0 Å². The molecule has 16 heavy (non-hydrogen) atoms. The predicted octanol–water partition coefficient (Wildman–Crippen LogP) is 2.76. The number of nitrogens with two attached hydrogens (primary N) is 1. The first kappa shape index (κ1) is 13.4. The number of allylic oxidation sites excluding steroid dienone is 2. The van der Waals surface area contributed by atoms with Gasteiger partial charge in [-0.25, -0.2) is 5.84 Å². The quantitative estimate of drug-likeness (QED) is 0.643. The molecule has 0 amide bonds. The van der Waals surface area contributed by atoms with Crippen LogP contribution in [0.3, 0.4) is 0 Å². The van der Waals surface area contributed by atoms with Gasteiger partial charge in [-0.2, -0.15) is 0 Å². The first-order valence-corrected chi connectivity index (χ1v) is 6.00. The maximum atomic E-state index is 6.22. The average molecular weight is 225 g/mol. The molecular weight excluding hydrogens is 198 g/mol. The molecule has 0 saturated carbocycles. The van der Waals surface area contributed by atoms with E-state index in [2.05, 4.69) is 60.4 Å². The van der Waals surface area contributed by atoms with Gasteiger partial charge in [-0.3, -0.25) is 5.01 Å². The zero-order valence-corrected chi connectivity index (χ0v) is 12.0. The van der Waals surface area contributed by atoms with Crippen LogP contribution in [0.15, 0.2) is 11.4 Å². The number of nitrogens with zero attached hydrogens (tertiary/aromatic N) is 2. The molecule has 1 aliphatic heterocycles. The van der Waals surface area contributed by atoms with Crippen LogP contribution < -0.4 is 5.84 Å². The Morgan fingerprint density at radius 3 is 1.56 bits per heavy atom. The number of rotatable bonds is 0. The summed E-state index contributed by atoms with van der Waals surface area (Å²) in [7, 11) is 2.13. The molecule has 0 aromatic carbocycles. The highest BCUT2D eigenvalue weighted by molar-refractivity contribution is 5.27. The molecule has 0 saturated heterocycles. The van der Waals surface area contributed by atoms with Gasteiger partial charge in [0, 0.05) is 23.6 Å². The molecule has 1 aliphatic rings. The highest BCUT2D eigenvalue weighted by Gasteiger charge is 2.41. The van der Waals surface area contributed by atoms with Crippen molar-refractivity contribution >= 4 is 0 Å². The summed E-state index contributed by atoms with van der Waals surface area (Å²) >= 11 is 0. The predicted molar refractivity (Wildman–Crippen MR) is 69.2 cm³/mol. The van der Waals surface area contributed by atoms with E-state index in [9.17, 15) is 0 Å². The summed E-state index contributed by atoms with van der Waals surface area (Å²) in [4.78, 5) is 2.29. The third kappa shape index (κ3) is 2.05. The van der Waals surface area contributed by atoms with Crippen LogP contribution in [-0.2, 0) is 0 Å². The van der Waals surface area contributed by atoms with Gasteiger partial charge in [-0.15, -0.1) is 0 Å². The average Bonchev–Trinajstić information content (AvgIpc) is 2.27. The Balaban J connectivity index is 3.37. The largest absolute Gasteiger partial charge is 0.355 e. The van der Waals surface area contributed by atoms with Gasteiger partial charge in [0.1, 0.15) is 6.17 Å². The van der Waals surface area contributed by atoms with Gasteiger partial charge in [0.05, 0.1) is 5.70 Å². The van der Waals surface area contributed by atoms with Crippen molar-refractivity contribution in [1.82, 2.24) is 9.91 Å². The van der Waals surface area contributed by atoms with E-state index in [0.717, 1.165) is 0 Å². The second-order valence-electron chi connectivity index (χ2n) is 6.85. The molecule has 0 aromatic rings. The maximum Gasteiger partial charge on any atom is 0.113 e. The molecule has 1 rings (SSSR count). The van der Waals surface area contributed by atoms with Gasteiger partial charge in [-0.1, -0.05) is 41.5 Å². The molecule has 0 radical (unpaired) electrons. The Morgan fingerprint density at radius 1 is 0.938 bits per heavy atom. The molecule has 0 aliphatic carbocycles. The minimum absolute atomic E-state index is 0.0797. The van der Waals surface area contributed by atoms with Crippen LogP contribution in [0.25, 0.3) is 0 Å². The van der Waals surface area contributed by atoms with E-state index in [1.54, 1.807) is 0 Å². The van der Waals surface area contributed by atoms with E-state index >= 15 is 0 Å². The van der Waals surface area contributed by atoms with Crippen LogP contribution >= 0.6 is 0 Å². The van der Waals surface area contributed by atoms with Crippen molar-refractivity contribution < 1.29 is 0 Å². The fraction of sp³-hybridized carbons (Fsp3) is 0.846. The van der Waals surface area contributed by atoms with Crippen LogP contribution in [0.2, 0.25) is 0 Å². The summed E-state index contributed by atoms with van der Waals surface area (Å²) in [5.41, 5.74) is 2.82. The molecule has 0 spiro atoms. The van der Waals surface area contributed by atoms with Crippen molar-refractivity contribution in [2.24, 2.45) is 16.7 Å². The van der Waals surface area contributed by atoms with E-state index in [-0.39, 0.29) is 17.0 Å². The fourth-order valence-electron chi connectivity index (χ4n) is 2.48. The summed E-state index contributed by atoms with van der Waals surface area (Å²) < 4.78 is 0. The van der Waals surface area contributed by atoms with Crippen molar-refractivity contribution in [1.29, 1.82) is 0 Å². The molecule has 0 aromatic heterocycles. The van der Waals surface area contributed by atoms with Crippen molar-refractivity contribution in [3.8, 4) is 0 Å². The lowest BCUT2D eigenvalue weighted by Gasteiger charge is -2.31. The summed E-state index contributed by atoms with van der Waals surface area (Å²) in [6, 6.07) is 0. The summed E-state index contributed by atoms with van der Waals surface area (Å²) in [6.45, 7) is 15.5. The number of hydrazine groups is 1. The Morgan fingerprint density at radius 2 is 1.31 bits per heavy atom. The fourth-order valence-corrected chi connectivity index (χ4v) is 2.48. The first-order valence-electron chi connectivity index (χ1n) is 6.00. The Hall–Kier alpha value is -0.700. The van der Waals surface area contributed by atoms with Crippen molar-refractivity contribution in [3.05, 3.63) is 11.4 Å². The summed E-state index contributed by atoms with van der Waals surface area (Å²) in [5.74, 6) is 6.22. The second kappa shape index (κ2) is 3.66. The molecule has 3 nitrogen and oxygen atoms in total. The van der Waals surface area contributed by atoms with Crippen LogP contribution in [0.4, 0.5) is 0 Å². The highest BCUT2D eigenvalue weighted by atomic mass is 15.5. The minimum Gasteiger partial charge on any atom is -0.355 e. The van der Waals surface area contributed by atoms with Crippen LogP contribution in [0.1, 0.15) is 48.5 Å². The summed E-state index contributed by atoms with van der Waals surface area (Å²) in [5, 5.41) is 1.92. The topological polar surface area (TPSA) is 32.5 Å². The first-order chi connectivity index (χ1) is 6.98. The van der Waals surface area contributed by atoms with Crippen LogP contribution in [0.5, 0.6) is 0 Å². The zero-order chi connectivity index (χ0) is 12.9. The molecule has 0 bridgehead atoms. The molecule has 3 heteroatoms. The lowest BCUT2D eigenvalue weighted by atomic mass is 9.82. The standard InChI is InChI=1S/C13H27N3/c1-9-15(8)10(12(2,3)4)11(16(9)14)13(5,6)7/h9H,14H2,1-8H3. The van der Waals surface area contributed by atoms with Crippen molar-refractivity contribution in [2.75, 3.05) is 7.05 Å². The molecule has 2 N–H and O–H groups in total. The van der Waals surface area contributed by atoms with Gasteiger partial charge in [0.25, 0.3) is 0 Å². The van der Waals surface area contributed by atoms with E-state index < -0.39 is 0 Å². The lowest BCUT2D eigenvalue weighted by molar-refractivity contribution is 0.153. The molecule has 1 unspecified atom stereocenters.